The number of benzene rings is 3. The van der Waals surface area contributed by atoms with Gasteiger partial charge in [0.15, 0.2) is 0 Å². The number of aryl methyl sites for hydroxylation is 1. The Morgan fingerprint density at radius 1 is 1.06 bits per heavy atom. The Balaban J connectivity index is 1.68. The number of fused-ring (bicyclic) bond motifs is 1. The molecule has 0 aliphatic rings. The van der Waals surface area contributed by atoms with Crippen LogP contribution in [-0.2, 0) is 19.5 Å². The maximum absolute atomic E-state index is 11.1. The SMILES string of the molecule is CCCCc1nc2cccc(CNC(C)C)c2n1Cc1ccc(-c2ccccc2OC(=O)O)cc1. The van der Waals surface area contributed by atoms with E-state index in [-0.39, 0.29) is 0 Å². The molecule has 3 aromatic carbocycles. The number of para-hydroxylation sites is 2. The summed E-state index contributed by atoms with van der Waals surface area (Å²) in [5, 5.41) is 12.6. The lowest BCUT2D eigenvalue weighted by Gasteiger charge is -2.14. The van der Waals surface area contributed by atoms with Crippen molar-refractivity contribution in [2.45, 2.75) is 59.2 Å². The van der Waals surface area contributed by atoms with Gasteiger partial charge < -0.3 is 19.7 Å². The van der Waals surface area contributed by atoms with Crippen molar-refractivity contribution in [2.24, 2.45) is 0 Å². The topological polar surface area (TPSA) is 76.4 Å². The zero-order valence-electron chi connectivity index (χ0n) is 20.6. The standard InChI is InChI=1S/C29H33N3O3/c1-4-5-13-27-31-25-11-8-9-23(18-30-20(2)3)28(25)32(27)19-21-14-16-22(17-15-21)24-10-6-7-12-26(24)35-29(33)34/h6-12,14-17,20,30H,4-5,13,18-19H2,1-3H3,(H,33,34). The van der Waals surface area contributed by atoms with Gasteiger partial charge in [0.05, 0.1) is 11.0 Å². The molecule has 4 rings (SSSR count). The van der Waals surface area contributed by atoms with Gasteiger partial charge >= 0.3 is 6.16 Å². The summed E-state index contributed by atoms with van der Waals surface area (Å²) in [6.07, 6.45) is 1.85. The lowest BCUT2D eigenvalue weighted by Crippen LogP contribution is -2.22. The summed E-state index contributed by atoms with van der Waals surface area (Å²) in [7, 11) is 0. The maximum atomic E-state index is 11.1. The number of hydrogen-bond acceptors (Lipinski definition) is 4. The number of carboxylic acid groups (broad SMARTS) is 1. The third-order valence-electron chi connectivity index (χ3n) is 6.07. The van der Waals surface area contributed by atoms with Crippen molar-refractivity contribution in [3.05, 3.63) is 83.7 Å². The van der Waals surface area contributed by atoms with Gasteiger partial charge in [0.25, 0.3) is 0 Å². The highest BCUT2D eigenvalue weighted by molar-refractivity contribution is 5.80. The minimum Gasteiger partial charge on any atom is -0.449 e. The molecule has 0 unspecified atom stereocenters. The monoisotopic (exact) mass is 471 g/mol. The Bertz CT molecular complexity index is 1290. The molecule has 0 amide bonds. The number of nitrogens with zero attached hydrogens (tertiary/aromatic N) is 2. The molecule has 0 atom stereocenters. The highest BCUT2D eigenvalue weighted by Crippen LogP contribution is 2.31. The summed E-state index contributed by atoms with van der Waals surface area (Å²) in [5.41, 5.74) is 6.30. The van der Waals surface area contributed by atoms with Gasteiger partial charge in [-0.25, -0.2) is 9.78 Å². The van der Waals surface area contributed by atoms with Crippen molar-refractivity contribution in [1.29, 1.82) is 0 Å². The van der Waals surface area contributed by atoms with Crippen LogP contribution in [0.5, 0.6) is 5.75 Å². The molecule has 0 radical (unpaired) electrons. The van der Waals surface area contributed by atoms with Crippen molar-refractivity contribution in [3.63, 3.8) is 0 Å². The van der Waals surface area contributed by atoms with Crippen LogP contribution in [0.4, 0.5) is 4.79 Å². The average molecular weight is 472 g/mol. The molecule has 4 aromatic rings. The van der Waals surface area contributed by atoms with E-state index >= 15 is 0 Å². The molecule has 35 heavy (non-hydrogen) atoms. The van der Waals surface area contributed by atoms with Crippen LogP contribution in [0.2, 0.25) is 0 Å². The smallest absolute Gasteiger partial charge is 0.449 e. The van der Waals surface area contributed by atoms with E-state index in [9.17, 15) is 4.79 Å². The Labute approximate surface area is 206 Å². The van der Waals surface area contributed by atoms with E-state index in [1.165, 1.54) is 11.1 Å². The molecule has 0 spiro atoms. The fourth-order valence-corrected chi connectivity index (χ4v) is 4.32. The van der Waals surface area contributed by atoms with Crippen LogP contribution < -0.4 is 10.1 Å². The van der Waals surface area contributed by atoms with Gasteiger partial charge in [-0.1, -0.05) is 81.8 Å². The summed E-state index contributed by atoms with van der Waals surface area (Å²) in [4.78, 5) is 16.1. The average Bonchev–Trinajstić information content (AvgIpc) is 3.19. The van der Waals surface area contributed by atoms with E-state index in [4.69, 9.17) is 14.8 Å². The van der Waals surface area contributed by atoms with E-state index in [1.807, 2.05) is 24.3 Å². The third-order valence-corrected chi connectivity index (χ3v) is 6.07. The van der Waals surface area contributed by atoms with Gasteiger partial charge in [0.1, 0.15) is 11.6 Å². The predicted molar refractivity (Wildman–Crippen MR) is 140 cm³/mol. The van der Waals surface area contributed by atoms with Crippen LogP contribution in [0.15, 0.2) is 66.7 Å². The Hall–Kier alpha value is -3.64. The minimum atomic E-state index is -1.32. The number of ether oxygens (including phenoxy) is 1. The van der Waals surface area contributed by atoms with E-state index in [0.29, 0.717) is 11.8 Å². The summed E-state index contributed by atoms with van der Waals surface area (Å²) in [5.74, 6) is 1.45. The normalized spacial score (nSPS) is 11.3. The van der Waals surface area contributed by atoms with Gasteiger partial charge in [-0.05, 0) is 35.2 Å². The number of carbonyl (C=O) groups is 1. The highest BCUT2D eigenvalue weighted by Gasteiger charge is 2.15. The number of hydrogen-bond donors (Lipinski definition) is 2. The molecule has 0 bridgehead atoms. The molecule has 0 saturated heterocycles. The van der Waals surface area contributed by atoms with Gasteiger partial charge in [-0.3, -0.25) is 0 Å². The first-order valence-corrected chi connectivity index (χ1v) is 12.3. The lowest BCUT2D eigenvalue weighted by atomic mass is 10.0. The quantitative estimate of drug-likeness (QED) is 0.200. The van der Waals surface area contributed by atoms with E-state index in [0.717, 1.165) is 60.4 Å². The van der Waals surface area contributed by atoms with E-state index in [1.54, 1.807) is 12.1 Å². The maximum Gasteiger partial charge on any atom is 0.511 e. The van der Waals surface area contributed by atoms with Gasteiger partial charge in [0.2, 0.25) is 0 Å². The van der Waals surface area contributed by atoms with Crippen LogP contribution in [0.1, 0.15) is 50.6 Å². The lowest BCUT2D eigenvalue weighted by molar-refractivity contribution is 0.144. The molecular weight excluding hydrogens is 438 g/mol. The molecule has 6 nitrogen and oxygen atoms in total. The minimum absolute atomic E-state index is 0.331. The molecule has 0 saturated carbocycles. The molecule has 0 aliphatic carbocycles. The zero-order valence-corrected chi connectivity index (χ0v) is 20.6. The second-order valence-corrected chi connectivity index (χ2v) is 9.10. The first-order valence-electron chi connectivity index (χ1n) is 12.3. The number of nitrogens with one attached hydrogen (secondary N) is 1. The summed E-state index contributed by atoms with van der Waals surface area (Å²) < 4.78 is 7.33. The van der Waals surface area contributed by atoms with Crippen molar-refractivity contribution in [3.8, 4) is 16.9 Å². The Kier molecular flexibility index (Phi) is 7.83. The fraction of sp³-hybridized carbons (Fsp3) is 0.310. The molecule has 182 valence electrons. The van der Waals surface area contributed by atoms with Crippen molar-refractivity contribution in [1.82, 2.24) is 14.9 Å². The van der Waals surface area contributed by atoms with E-state index in [2.05, 4.69) is 61.0 Å². The van der Waals surface area contributed by atoms with Gasteiger partial charge in [0, 0.05) is 31.1 Å². The molecule has 0 fully saturated rings. The number of unbranched alkanes of at least 4 members (excludes halogenated alkanes) is 1. The number of rotatable bonds is 10. The first-order chi connectivity index (χ1) is 17.0. The van der Waals surface area contributed by atoms with Crippen molar-refractivity contribution in [2.75, 3.05) is 0 Å². The van der Waals surface area contributed by atoms with Crippen LogP contribution in [0.3, 0.4) is 0 Å². The molecule has 6 heteroatoms. The predicted octanol–water partition coefficient (Wildman–Crippen LogP) is 6.65. The number of imidazole rings is 1. The summed E-state index contributed by atoms with van der Waals surface area (Å²) >= 11 is 0. The van der Waals surface area contributed by atoms with E-state index < -0.39 is 6.16 Å². The third kappa shape index (κ3) is 5.89. The largest absolute Gasteiger partial charge is 0.511 e. The fourth-order valence-electron chi connectivity index (χ4n) is 4.32. The zero-order chi connectivity index (χ0) is 24.8. The first kappa shape index (κ1) is 24.5. The molecule has 2 N–H and O–H groups in total. The van der Waals surface area contributed by atoms with Crippen molar-refractivity contribution >= 4 is 17.2 Å². The highest BCUT2D eigenvalue weighted by atomic mass is 16.7. The molecule has 0 aliphatic heterocycles. The van der Waals surface area contributed by atoms with Crippen LogP contribution >= 0.6 is 0 Å². The molecular formula is C29H33N3O3. The Morgan fingerprint density at radius 3 is 2.54 bits per heavy atom. The number of aromatic nitrogens is 2. The van der Waals surface area contributed by atoms with Crippen molar-refractivity contribution < 1.29 is 14.6 Å². The van der Waals surface area contributed by atoms with Gasteiger partial charge in [-0.15, -0.1) is 0 Å². The summed E-state index contributed by atoms with van der Waals surface area (Å²) in [6.45, 7) is 8.04. The molecule has 1 aromatic heterocycles. The summed E-state index contributed by atoms with van der Waals surface area (Å²) in [6, 6.07) is 22.2. The van der Waals surface area contributed by atoms with Crippen LogP contribution in [0, 0.1) is 0 Å². The second-order valence-electron chi connectivity index (χ2n) is 9.10. The van der Waals surface area contributed by atoms with Crippen LogP contribution in [0.25, 0.3) is 22.2 Å². The van der Waals surface area contributed by atoms with Crippen LogP contribution in [-0.4, -0.2) is 26.9 Å². The second kappa shape index (κ2) is 11.2. The Morgan fingerprint density at radius 2 is 1.83 bits per heavy atom. The molecule has 1 heterocycles. The van der Waals surface area contributed by atoms with Gasteiger partial charge in [-0.2, -0.15) is 0 Å².